The molecule has 3 rings (SSSR count). The summed E-state index contributed by atoms with van der Waals surface area (Å²) in [5, 5.41) is 12.1. The number of carboxylic acids is 1. The molecule has 0 unspecified atom stereocenters. The second-order valence-electron chi connectivity index (χ2n) is 6.58. The maximum absolute atomic E-state index is 11.4. The number of ether oxygens (including phenoxy) is 1. The van der Waals surface area contributed by atoms with Crippen LogP contribution in [0.2, 0.25) is 0 Å². The standard InChI is InChI=1S/C21H21Br2N3O4/c1-3-25(4-2)12-26-8-7-13-9-15(5-6-18(13)26)30-19-16(22)10-14(11-17(19)23)24-20(27)21(28)29/h5-11H,3-4,12H2,1-2H3,(H,24,27)(H,28,29). The summed E-state index contributed by atoms with van der Waals surface area (Å²) in [7, 11) is 0. The number of nitrogens with zero attached hydrogens (tertiary/aromatic N) is 2. The number of halogens is 2. The number of benzene rings is 2. The van der Waals surface area contributed by atoms with Crippen LogP contribution in [-0.2, 0) is 16.3 Å². The molecule has 0 aliphatic heterocycles. The molecule has 1 heterocycles. The minimum Gasteiger partial charge on any atom is -0.474 e. The van der Waals surface area contributed by atoms with Gasteiger partial charge in [-0.3, -0.25) is 9.69 Å². The van der Waals surface area contributed by atoms with Gasteiger partial charge in [-0.2, -0.15) is 0 Å². The summed E-state index contributed by atoms with van der Waals surface area (Å²) in [6.45, 7) is 7.10. The Morgan fingerprint density at radius 2 is 1.77 bits per heavy atom. The van der Waals surface area contributed by atoms with E-state index in [-0.39, 0.29) is 0 Å². The van der Waals surface area contributed by atoms with Crippen LogP contribution in [0.15, 0.2) is 51.5 Å². The third-order valence-electron chi connectivity index (χ3n) is 4.66. The Morgan fingerprint density at radius 3 is 2.37 bits per heavy atom. The van der Waals surface area contributed by atoms with Gasteiger partial charge in [-0.05, 0) is 81.3 Å². The largest absolute Gasteiger partial charge is 0.474 e. The molecule has 2 N–H and O–H groups in total. The zero-order chi connectivity index (χ0) is 21.8. The Hall–Kier alpha value is -2.36. The van der Waals surface area contributed by atoms with E-state index in [1.54, 1.807) is 12.1 Å². The Labute approximate surface area is 190 Å². The van der Waals surface area contributed by atoms with E-state index in [2.05, 4.69) is 72.8 Å². The maximum atomic E-state index is 11.4. The first-order valence-corrected chi connectivity index (χ1v) is 10.9. The molecule has 7 nitrogen and oxygen atoms in total. The summed E-state index contributed by atoms with van der Waals surface area (Å²) in [6, 6.07) is 11.1. The number of rotatable bonds is 7. The number of carboxylic acid groups (broad SMARTS) is 1. The SMILES string of the molecule is CCN(CC)Cn1ccc2cc(Oc3c(Br)cc(NC(=O)C(=O)O)cc3Br)ccc21. The van der Waals surface area contributed by atoms with Gasteiger partial charge in [0.15, 0.2) is 5.75 Å². The lowest BCUT2D eigenvalue weighted by molar-refractivity contribution is -0.147. The molecule has 2 aromatic carbocycles. The quantitative estimate of drug-likeness (QED) is 0.400. The molecule has 0 saturated heterocycles. The highest BCUT2D eigenvalue weighted by atomic mass is 79.9. The van der Waals surface area contributed by atoms with Crippen LogP contribution >= 0.6 is 31.9 Å². The second-order valence-corrected chi connectivity index (χ2v) is 8.29. The number of hydrogen-bond donors (Lipinski definition) is 2. The molecule has 0 bridgehead atoms. The van der Waals surface area contributed by atoms with Gasteiger partial charge in [0.2, 0.25) is 0 Å². The highest BCUT2D eigenvalue weighted by molar-refractivity contribution is 9.11. The zero-order valence-corrected chi connectivity index (χ0v) is 19.7. The first-order valence-electron chi connectivity index (χ1n) is 9.34. The van der Waals surface area contributed by atoms with E-state index >= 15 is 0 Å². The second kappa shape index (κ2) is 9.63. The monoisotopic (exact) mass is 537 g/mol. The minimum absolute atomic E-state index is 0.331. The fraction of sp³-hybridized carbons (Fsp3) is 0.238. The van der Waals surface area contributed by atoms with E-state index < -0.39 is 11.9 Å². The number of anilines is 1. The average Bonchev–Trinajstić information content (AvgIpc) is 3.10. The Morgan fingerprint density at radius 1 is 1.10 bits per heavy atom. The molecule has 158 valence electrons. The van der Waals surface area contributed by atoms with Crippen molar-refractivity contribution in [3.63, 3.8) is 0 Å². The number of amides is 1. The van der Waals surface area contributed by atoms with Crippen molar-refractivity contribution in [1.82, 2.24) is 9.47 Å². The van der Waals surface area contributed by atoms with Gasteiger partial charge in [-0.1, -0.05) is 13.8 Å². The van der Waals surface area contributed by atoms with Crippen LogP contribution in [0.25, 0.3) is 10.9 Å². The van der Waals surface area contributed by atoms with E-state index in [0.717, 1.165) is 30.7 Å². The molecule has 0 spiro atoms. The Balaban J connectivity index is 1.82. The van der Waals surface area contributed by atoms with E-state index in [0.29, 0.717) is 26.1 Å². The van der Waals surface area contributed by atoms with E-state index in [4.69, 9.17) is 9.84 Å². The van der Waals surface area contributed by atoms with Crippen molar-refractivity contribution in [2.45, 2.75) is 20.5 Å². The lowest BCUT2D eigenvalue weighted by atomic mass is 10.2. The van der Waals surface area contributed by atoms with Crippen LogP contribution in [0, 0.1) is 0 Å². The van der Waals surface area contributed by atoms with E-state index in [1.165, 1.54) is 0 Å². The summed E-state index contributed by atoms with van der Waals surface area (Å²) in [6.07, 6.45) is 2.07. The smallest absolute Gasteiger partial charge is 0.394 e. The number of nitrogens with one attached hydrogen (secondary N) is 1. The molecule has 30 heavy (non-hydrogen) atoms. The molecule has 0 radical (unpaired) electrons. The molecule has 0 fully saturated rings. The highest BCUT2D eigenvalue weighted by Gasteiger charge is 2.15. The minimum atomic E-state index is -1.55. The Kier molecular flexibility index (Phi) is 7.17. The number of aliphatic carboxylic acids is 1. The van der Waals surface area contributed by atoms with Gasteiger partial charge in [-0.15, -0.1) is 0 Å². The first kappa shape index (κ1) is 22.3. The normalized spacial score (nSPS) is 11.1. The van der Waals surface area contributed by atoms with Crippen molar-refractivity contribution in [3.05, 3.63) is 51.5 Å². The summed E-state index contributed by atoms with van der Waals surface area (Å²) >= 11 is 6.83. The molecular formula is C21H21Br2N3O4. The van der Waals surface area contributed by atoms with E-state index in [9.17, 15) is 9.59 Å². The summed E-state index contributed by atoms with van der Waals surface area (Å²) in [5.41, 5.74) is 1.46. The summed E-state index contributed by atoms with van der Waals surface area (Å²) in [4.78, 5) is 24.4. The molecule has 0 aliphatic carbocycles. The molecule has 1 amide bonds. The molecule has 0 saturated carbocycles. The first-order chi connectivity index (χ1) is 14.3. The van der Waals surface area contributed by atoms with Gasteiger partial charge in [0.25, 0.3) is 0 Å². The summed E-state index contributed by atoms with van der Waals surface area (Å²) in [5.74, 6) is -1.48. The molecule has 1 aromatic heterocycles. The third-order valence-corrected chi connectivity index (χ3v) is 5.84. The van der Waals surface area contributed by atoms with Crippen molar-refractivity contribution in [1.29, 1.82) is 0 Å². The van der Waals surface area contributed by atoms with Crippen molar-refractivity contribution < 1.29 is 19.4 Å². The number of carbonyl (C=O) groups is 2. The molecule has 3 aromatic rings. The van der Waals surface area contributed by atoms with Crippen LogP contribution in [0.1, 0.15) is 13.8 Å². The number of fused-ring (bicyclic) bond motifs is 1. The molecule has 0 aliphatic rings. The van der Waals surface area contributed by atoms with E-state index in [1.807, 2.05) is 18.2 Å². The van der Waals surface area contributed by atoms with Crippen LogP contribution in [0.4, 0.5) is 5.69 Å². The van der Waals surface area contributed by atoms with Crippen molar-refractivity contribution >= 4 is 60.3 Å². The zero-order valence-electron chi connectivity index (χ0n) is 16.5. The van der Waals surface area contributed by atoms with Crippen LogP contribution in [-0.4, -0.2) is 39.5 Å². The van der Waals surface area contributed by atoms with Gasteiger partial charge in [-0.25, -0.2) is 4.79 Å². The molecular weight excluding hydrogens is 518 g/mol. The van der Waals surface area contributed by atoms with Gasteiger partial charge >= 0.3 is 11.9 Å². The Bertz CT molecular complexity index is 1070. The number of aromatic nitrogens is 1. The van der Waals surface area contributed by atoms with Crippen LogP contribution in [0.3, 0.4) is 0 Å². The van der Waals surface area contributed by atoms with Gasteiger partial charge in [0, 0.05) is 22.8 Å². The lowest BCUT2D eigenvalue weighted by Crippen LogP contribution is -2.25. The van der Waals surface area contributed by atoms with Crippen LogP contribution < -0.4 is 10.1 Å². The fourth-order valence-electron chi connectivity index (χ4n) is 3.04. The fourth-order valence-corrected chi connectivity index (χ4v) is 4.38. The molecule has 0 atom stereocenters. The van der Waals surface area contributed by atoms with Crippen LogP contribution in [0.5, 0.6) is 11.5 Å². The van der Waals surface area contributed by atoms with Crippen molar-refractivity contribution in [2.75, 3.05) is 18.4 Å². The average molecular weight is 539 g/mol. The lowest BCUT2D eigenvalue weighted by Gasteiger charge is -2.19. The van der Waals surface area contributed by atoms with Gasteiger partial charge in [0.1, 0.15) is 5.75 Å². The van der Waals surface area contributed by atoms with Gasteiger partial charge < -0.3 is 19.7 Å². The van der Waals surface area contributed by atoms with Crippen molar-refractivity contribution in [2.24, 2.45) is 0 Å². The third kappa shape index (κ3) is 5.03. The topological polar surface area (TPSA) is 83.8 Å². The predicted molar refractivity (Wildman–Crippen MR) is 123 cm³/mol. The van der Waals surface area contributed by atoms with Gasteiger partial charge in [0.05, 0.1) is 15.6 Å². The highest BCUT2D eigenvalue weighted by Crippen LogP contribution is 2.39. The number of carbonyl (C=O) groups excluding carboxylic acids is 1. The summed E-state index contributed by atoms with van der Waals surface area (Å²) < 4.78 is 9.38. The number of hydrogen-bond acceptors (Lipinski definition) is 4. The maximum Gasteiger partial charge on any atom is 0.394 e. The molecule has 9 heteroatoms. The van der Waals surface area contributed by atoms with Crippen molar-refractivity contribution in [3.8, 4) is 11.5 Å². The predicted octanol–water partition coefficient (Wildman–Crippen LogP) is 5.28.